The summed E-state index contributed by atoms with van der Waals surface area (Å²) in [5.74, 6) is 0.804. The molecule has 0 spiro atoms. The van der Waals surface area contributed by atoms with Crippen LogP contribution in [0.4, 0.5) is 0 Å². The van der Waals surface area contributed by atoms with Crippen LogP contribution < -0.4 is 5.32 Å². The molecule has 2 aromatic rings. The molecule has 1 unspecified atom stereocenters. The van der Waals surface area contributed by atoms with Crippen LogP contribution in [-0.2, 0) is 6.54 Å². The van der Waals surface area contributed by atoms with Gasteiger partial charge in [-0.15, -0.1) is 11.3 Å². The Morgan fingerprint density at radius 2 is 2.30 bits per heavy atom. The van der Waals surface area contributed by atoms with Crippen molar-refractivity contribution in [2.45, 2.75) is 46.1 Å². The van der Waals surface area contributed by atoms with E-state index >= 15 is 0 Å². The van der Waals surface area contributed by atoms with Crippen molar-refractivity contribution in [3.05, 3.63) is 35.6 Å². The summed E-state index contributed by atoms with van der Waals surface area (Å²) in [6.07, 6.45) is 9.19. The van der Waals surface area contributed by atoms with E-state index in [0.29, 0.717) is 0 Å². The molecule has 2 heterocycles. The third-order valence-corrected chi connectivity index (χ3v) is 4.51. The van der Waals surface area contributed by atoms with Crippen molar-refractivity contribution >= 4 is 11.3 Å². The summed E-state index contributed by atoms with van der Waals surface area (Å²) < 4.78 is 2.17. The topological polar surface area (TPSA) is 29.9 Å². The number of nitrogens with zero attached hydrogens (tertiary/aromatic N) is 2. The number of aromatic nitrogens is 2. The zero-order valence-corrected chi connectivity index (χ0v) is 13.3. The second-order valence-electron chi connectivity index (χ2n) is 5.23. The normalized spacial score (nSPS) is 12.7. The zero-order chi connectivity index (χ0) is 14.2. The SMILES string of the molecule is CCCCC(CC)CNCc1cccn1-c1nccs1. The van der Waals surface area contributed by atoms with Crippen LogP contribution in [-0.4, -0.2) is 16.1 Å². The van der Waals surface area contributed by atoms with E-state index in [-0.39, 0.29) is 0 Å². The maximum Gasteiger partial charge on any atom is 0.193 e. The lowest BCUT2D eigenvalue weighted by Crippen LogP contribution is -2.23. The minimum absolute atomic E-state index is 0.804. The maximum absolute atomic E-state index is 4.37. The third-order valence-electron chi connectivity index (χ3n) is 3.74. The van der Waals surface area contributed by atoms with Gasteiger partial charge in [0.2, 0.25) is 0 Å². The fourth-order valence-electron chi connectivity index (χ4n) is 2.43. The van der Waals surface area contributed by atoms with Crippen molar-refractivity contribution in [1.82, 2.24) is 14.9 Å². The molecule has 0 aliphatic rings. The quantitative estimate of drug-likeness (QED) is 0.749. The molecule has 0 amide bonds. The number of nitrogens with one attached hydrogen (secondary N) is 1. The molecule has 0 aliphatic carbocycles. The van der Waals surface area contributed by atoms with Gasteiger partial charge in [-0.05, 0) is 31.0 Å². The predicted octanol–water partition coefficient (Wildman–Crippen LogP) is 4.24. The molecule has 1 N–H and O–H groups in total. The van der Waals surface area contributed by atoms with E-state index in [4.69, 9.17) is 0 Å². The average Bonchev–Trinajstić information content (AvgIpc) is 3.12. The molecule has 0 aromatic carbocycles. The first kappa shape index (κ1) is 15.3. The smallest absolute Gasteiger partial charge is 0.193 e. The summed E-state index contributed by atoms with van der Waals surface area (Å²) in [5, 5.41) is 6.67. The molecule has 2 rings (SSSR count). The Bertz CT molecular complexity index is 476. The fraction of sp³-hybridized carbons (Fsp3) is 0.562. The summed E-state index contributed by atoms with van der Waals surface area (Å²) in [6.45, 7) is 6.58. The van der Waals surface area contributed by atoms with Crippen molar-refractivity contribution in [2.24, 2.45) is 5.92 Å². The van der Waals surface area contributed by atoms with Crippen molar-refractivity contribution in [2.75, 3.05) is 6.54 Å². The van der Waals surface area contributed by atoms with Crippen LogP contribution in [0.5, 0.6) is 0 Å². The van der Waals surface area contributed by atoms with E-state index in [2.05, 4.69) is 47.0 Å². The van der Waals surface area contributed by atoms with Crippen LogP contribution in [0.1, 0.15) is 45.2 Å². The second kappa shape index (κ2) is 8.22. The molecule has 3 nitrogen and oxygen atoms in total. The molecule has 0 saturated heterocycles. The minimum Gasteiger partial charge on any atom is -0.311 e. The second-order valence-corrected chi connectivity index (χ2v) is 6.10. The van der Waals surface area contributed by atoms with Gasteiger partial charge in [0.05, 0.1) is 0 Å². The first-order valence-corrected chi connectivity index (χ1v) is 8.49. The first-order chi connectivity index (χ1) is 9.85. The molecule has 110 valence electrons. The highest BCUT2D eigenvalue weighted by Crippen LogP contribution is 2.15. The van der Waals surface area contributed by atoms with Crippen molar-refractivity contribution in [1.29, 1.82) is 0 Å². The largest absolute Gasteiger partial charge is 0.311 e. The Morgan fingerprint density at radius 3 is 3.00 bits per heavy atom. The van der Waals surface area contributed by atoms with Gasteiger partial charge in [0.1, 0.15) is 0 Å². The average molecular weight is 291 g/mol. The van der Waals surface area contributed by atoms with E-state index in [1.54, 1.807) is 11.3 Å². The fourth-order valence-corrected chi connectivity index (χ4v) is 3.09. The van der Waals surface area contributed by atoms with Crippen LogP contribution >= 0.6 is 11.3 Å². The Balaban J connectivity index is 1.84. The van der Waals surface area contributed by atoms with Crippen molar-refractivity contribution < 1.29 is 0 Å². The van der Waals surface area contributed by atoms with E-state index in [9.17, 15) is 0 Å². The molecule has 4 heteroatoms. The Hall–Kier alpha value is -1.13. The van der Waals surface area contributed by atoms with Crippen LogP contribution in [0.2, 0.25) is 0 Å². The highest BCUT2D eigenvalue weighted by molar-refractivity contribution is 7.12. The van der Waals surface area contributed by atoms with Crippen LogP contribution in [0.25, 0.3) is 5.13 Å². The lowest BCUT2D eigenvalue weighted by molar-refractivity contribution is 0.417. The number of thiazole rings is 1. The summed E-state index contributed by atoms with van der Waals surface area (Å²) in [5.41, 5.74) is 1.28. The highest BCUT2D eigenvalue weighted by Gasteiger charge is 2.08. The molecular weight excluding hydrogens is 266 g/mol. The van der Waals surface area contributed by atoms with Gasteiger partial charge in [-0.2, -0.15) is 0 Å². The number of hydrogen-bond donors (Lipinski definition) is 1. The molecule has 20 heavy (non-hydrogen) atoms. The van der Waals surface area contributed by atoms with E-state index in [1.165, 1.54) is 31.4 Å². The molecule has 0 bridgehead atoms. The zero-order valence-electron chi connectivity index (χ0n) is 12.5. The summed E-state index contributed by atoms with van der Waals surface area (Å²) in [4.78, 5) is 4.37. The molecule has 0 saturated carbocycles. The molecule has 1 atom stereocenters. The van der Waals surface area contributed by atoms with E-state index < -0.39 is 0 Å². The predicted molar refractivity (Wildman–Crippen MR) is 86.5 cm³/mol. The van der Waals surface area contributed by atoms with Gasteiger partial charge >= 0.3 is 0 Å². The van der Waals surface area contributed by atoms with Gasteiger partial charge in [-0.3, -0.25) is 4.57 Å². The number of rotatable bonds is 9. The van der Waals surface area contributed by atoms with Gasteiger partial charge in [-0.25, -0.2) is 4.98 Å². The number of hydrogen-bond acceptors (Lipinski definition) is 3. The van der Waals surface area contributed by atoms with Crippen LogP contribution in [0.3, 0.4) is 0 Å². The number of unbranched alkanes of at least 4 members (excludes halogenated alkanes) is 1. The molecule has 0 fully saturated rings. The third kappa shape index (κ3) is 4.18. The Labute approximate surface area is 126 Å². The Morgan fingerprint density at radius 1 is 1.40 bits per heavy atom. The molecule has 0 aliphatic heterocycles. The van der Waals surface area contributed by atoms with Crippen LogP contribution in [0.15, 0.2) is 29.9 Å². The van der Waals surface area contributed by atoms with Gasteiger partial charge in [-0.1, -0.05) is 33.1 Å². The van der Waals surface area contributed by atoms with Crippen molar-refractivity contribution in [3.63, 3.8) is 0 Å². The highest BCUT2D eigenvalue weighted by atomic mass is 32.1. The van der Waals surface area contributed by atoms with Gasteiger partial charge < -0.3 is 5.32 Å². The molecule has 0 radical (unpaired) electrons. The first-order valence-electron chi connectivity index (χ1n) is 7.62. The van der Waals surface area contributed by atoms with Gasteiger partial charge in [0.15, 0.2) is 5.13 Å². The standard InChI is InChI=1S/C16H25N3S/c1-3-5-7-14(4-2)12-17-13-15-8-6-10-19(15)16-18-9-11-20-16/h6,8-11,14,17H,3-5,7,12-13H2,1-2H3. The molecular formula is C16H25N3S. The lowest BCUT2D eigenvalue weighted by Gasteiger charge is -2.15. The molecule has 2 aromatic heterocycles. The van der Waals surface area contributed by atoms with Crippen LogP contribution in [0, 0.1) is 5.92 Å². The van der Waals surface area contributed by atoms with E-state index in [1.807, 2.05) is 11.6 Å². The monoisotopic (exact) mass is 291 g/mol. The van der Waals surface area contributed by atoms with Gasteiger partial charge in [0.25, 0.3) is 0 Å². The Kier molecular flexibility index (Phi) is 6.27. The van der Waals surface area contributed by atoms with E-state index in [0.717, 1.165) is 24.1 Å². The minimum atomic E-state index is 0.804. The summed E-state index contributed by atoms with van der Waals surface area (Å²) in [6, 6.07) is 4.26. The lowest BCUT2D eigenvalue weighted by atomic mass is 9.99. The maximum atomic E-state index is 4.37. The summed E-state index contributed by atoms with van der Waals surface area (Å²) in [7, 11) is 0. The summed E-state index contributed by atoms with van der Waals surface area (Å²) >= 11 is 1.67. The van der Waals surface area contributed by atoms with Gasteiger partial charge in [0, 0.05) is 30.0 Å². The van der Waals surface area contributed by atoms with Crippen molar-refractivity contribution in [3.8, 4) is 5.13 Å².